The topological polar surface area (TPSA) is 90.7 Å². The first-order valence-electron chi connectivity index (χ1n) is 10.8. The normalized spacial score (nSPS) is 12.7. The van der Waals surface area contributed by atoms with Gasteiger partial charge in [0.15, 0.2) is 11.5 Å². The van der Waals surface area contributed by atoms with Crippen LogP contribution in [0.25, 0.3) is 11.5 Å². The van der Waals surface area contributed by atoms with E-state index in [1.807, 2.05) is 31.2 Å². The van der Waals surface area contributed by atoms with Gasteiger partial charge in [-0.3, -0.25) is 9.00 Å². The molecule has 3 rings (SSSR count). The van der Waals surface area contributed by atoms with Crippen molar-refractivity contribution in [1.29, 1.82) is 0 Å². The fourth-order valence-corrected chi connectivity index (χ4v) is 4.47. The van der Waals surface area contributed by atoms with Crippen molar-refractivity contribution in [2.75, 3.05) is 20.0 Å². The summed E-state index contributed by atoms with van der Waals surface area (Å²) in [6, 6.07) is 15.5. The highest BCUT2D eigenvalue weighted by atomic mass is 32.2. The number of nitrogens with one attached hydrogen (secondary N) is 1. The SMILES string of the molecule is COc1ccc(-c2nc(C[S@](=O)CC(=O)N[C@H](C)CCc3ccccc3)c(C)o2)cc1OC. The third-order valence-corrected chi connectivity index (χ3v) is 6.41. The molecule has 0 radical (unpaired) electrons. The Morgan fingerprint density at radius 1 is 1.12 bits per heavy atom. The molecule has 2 aromatic carbocycles. The second-order valence-corrected chi connectivity index (χ2v) is 9.27. The van der Waals surface area contributed by atoms with Crippen LogP contribution >= 0.6 is 0 Å². The number of rotatable bonds is 11. The quantitative estimate of drug-likeness (QED) is 0.455. The Bertz CT molecular complexity index is 1100. The number of nitrogens with zero attached hydrogens (tertiary/aromatic N) is 1. The lowest BCUT2D eigenvalue weighted by molar-refractivity contribution is -0.119. The first-order chi connectivity index (χ1) is 15.9. The highest BCUT2D eigenvalue weighted by Gasteiger charge is 2.18. The third kappa shape index (κ3) is 6.92. The maximum Gasteiger partial charge on any atom is 0.232 e. The lowest BCUT2D eigenvalue weighted by Gasteiger charge is -2.13. The highest BCUT2D eigenvalue weighted by molar-refractivity contribution is 7.84. The van der Waals surface area contributed by atoms with Crippen LogP contribution in [0.3, 0.4) is 0 Å². The zero-order valence-corrected chi connectivity index (χ0v) is 20.2. The Labute approximate surface area is 197 Å². The molecule has 1 N–H and O–H groups in total. The molecule has 33 heavy (non-hydrogen) atoms. The van der Waals surface area contributed by atoms with Crippen LogP contribution in [-0.2, 0) is 27.8 Å². The highest BCUT2D eigenvalue weighted by Crippen LogP contribution is 2.32. The second kappa shape index (κ2) is 11.7. The number of methoxy groups -OCH3 is 2. The van der Waals surface area contributed by atoms with Crippen LogP contribution in [0.1, 0.15) is 30.4 Å². The molecule has 3 aromatic rings. The molecule has 7 nitrogen and oxygen atoms in total. The van der Waals surface area contributed by atoms with Crippen LogP contribution in [0.4, 0.5) is 0 Å². The van der Waals surface area contributed by atoms with Gasteiger partial charge in [-0.25, -0.2) is 4.98 Å². The molecule has 0 saturated carbocycles. The van der Waals surface area contributed by atoms with E-state index in [0.29, 0.717) is 28.8 Å². The van der Waals surface area contributed by atoms with Crippen molar-refractivity contribution in [2.24, 2.45) is 0 Å². The van der Waals surface area contributed by atoms with Gasteiger partial charge in [0.1, 0.15) is 11.5 Å². The summed E-state index contributed by atoms with van der Waals surface area (Å²) in [4.78, 5) is 16.8. The predicted octanol–water partition coefficient (Wildman–Crippen LogP) is 4.05. The minimum atomic E-state index is -1.40. The molecule has 1 aromatic heterocycles. The molecule has 0 unspecified atom stereocenters. The summed E-state index contributed by atoms with van der Waals surface area (Å²) in [6.45, 7) is 3.73. The zero-order valence-electron chi connectivity index (χ0n) is 19.4. The average molecular weight is 471 g/mol. The monoisotopic (exact) mass is 470 g/mol. The largest absolute Gasteiger partial charge is 0.493 e. The molecule has 1 heterocycles. The smallest absolute Gasteiger partial charge is 0.232 e. The van der Waals surface area contributed by atoms with Gasteiger partial charge in [-0.2, -0.15) is 0 Å². The van der Waals surface area contributed by atoms with Gasteiger partial charge in [0.2, 0.25) is 11.8 Å². The Morgan fingerprint density at radius 3 is 2.55 bits per heavy atom. The van der Waals surface area contributed by atoms with E-state index in [-0.39, 0.29) is 23.5 Å². The van der Waals surface area contributed by atoms with Crippen molar-refractivity contribution in [2.45, 2.75) is 38.5 Å². The molecule has 2 atom stereocenters. The van der Waals surface area contributed by atoms with E-state index in [4.69, 9.17) is 13.9 Å². The lowest BCUT2D eigenvalue weighted by atomic mass is 10.1. The number of amides is 1. The first kappa shape index (κ1) is 24.5. The van der Waals surface area contributed by atoms with Crippen molar-refractivity contribution in [3.05, 3.63) is 65.5 Å². The summed E-state index contributed by atoms with van der Waals surface area (Å²) in [5, 5.41) is 2.93. The van der Waals surface area contributed by atoms with Gasteiger partial charge in [0, 0.05) is 22.4 Å². The molecule has 0 bridgehead atoms. The molecular weight excluding hydrogens is 440 g/mol. The number of carbonyl (C=O) groups is 1. The second-order valence-electron chi connectivity index (χ2n) is 7.81. The van der Waals surface area contributed by atoms with Gasteiger partial charge in [-0.1, -0.05) is 30.3 Å². The number of hydrogen-bond acceptors (Lipinski definition) is 6. The van der Waals surface area contributed by atoms with E-state index in [1.54, 1.807) is 33.3 Å². The number of carbonyl (C=O) groups excluding carboxylic acids is 1. The van der Waals surface area contributed by atoms with Gasteiger partial charge in [-0.05, 0) is 50.5 Å². The standard InChI is InChI=1S/C25H30N2O5S/c1-17(10-11-19-8-6-5-7-9-19)26-24(28)16-33(29)15-21-18(2)32-25(27-21)20-12-13-22(30-3)23(14-20)31-4/h5-9,12-14,17H,10-11,15-16H2,1-4H3,(H,26,28)/t17-,33+/m1/s1. The molecule has 0 spiro atoms. The first-order valence-corrected chi connectivity index (χ1v) is 12.3. The molecule has 0 aliphatic rings. The maximum absolute atomic E-state index is 12.6. The molecule has 0 aliphatic carbocycles. The van der Waals surface area contributed by atoms with E-state index in [2.05, 4.69) is 22.4 Å². The fraction of sp³-hybridized carbons (Fsp3) is 0.360. The van der Waals surface area contributed by atoms with Gasteiger partial charge >= 0.3 is 0 Å². The van der Waals surface area contributed by atoms with Crippen LogP contribution in [0.5, 0.6) is 11.5 Å². The number of oxazole rings is 1. The van der Waals surface area contributed by atoms with Crippen molar-refractivity contribution in [3.8, 4) is 23.0 Å². The van der Waals surface area contributed by atoms with Gasteiger partial charge < -0.3 is 19.2 Å². The van der Waals surface area contributed by atoms with Crippen LogP contribution < -0.4 is 14.8 Å². The maximum atomic E-state index is 12.6. The lowest BCUT2D eigenvalue weighted by Crippen LogP contribution is -2.36. The van der Waals surface area contributed by atoms with Crippen molar-refractivity contribution in [1.82, 2.24) is 10.3 Å². The Hall–Kier alpha value is -3.13. The Kier molecular flexibility index (Phi) is 8.65. The molecule has 0 fully saturated rings. The summed E-state index contributed by atoms with van der Waals surface area (Å²) in [7, 11) is 1.73. The molecule has 0 aliphatic heterocycles. The Morgan fingerprint density at radius 2 is 1.85 bits per heavy atom. The van der Waals surface area contributed by atoms with Crippen LogP contribution in [0.15, 0.2) is 52.9 Å². The van der Waals surface area contributed by atoms with Crippen LogP contribution in [-0.4, -0.2) is 41.1 Å². The number of aromatic nitrogens is 1. The summed E-state index contributed by atoms with van der Waals surface area (Å²) in [5.41, 5.74) is 2.52. The van der Waals surface area contributed by atoms with Gasteiger partial charge in [0.05, 0.1) is 25.7 Å². The van der Waals surface area contributed by atoms with Crippen LogP contribution in [0, 0.1) is 6.92 Å². The van der Waals surface area contributed by atoms with E-state index >= 15 is 0 Å². The van der Waals surface area contributed by atoms with Crippen LogP contribution in [0.2, 0.25) is 0 Å². The number of benzene rings is 2. The van der Waals surface area contributed by atoms with Crippen molar-refractivity contribution < 1.29 is 22.9 Å². The van der Waals surface area contributed by atoms with E-state index < -0.39 is 10.8 Å². The summed E-state index contributed by atoms with van der Waals surface area (Å²) in [6.07, 6.45) is 1.70. The van der Waals surface area contributed by atoms with Crippen molar-refractivity contribution >= 4 is 16.7 Å². The molecule has 176 valence electrons. The van der Waals surface area contributed by atoms with E-state index in [9.17, 15) is 9.00 Å². The third-order valence-electron chi connectivity index (χ3n) is 5.23. The fourth-order valence-electron chi connectivity index (χ4n) is 3.42. The molecular formula is C25H30N2O5S. The summed E-state index contributed by atoms with van der Waals surface area (Å²) in [5.74, 6) is 1.99. The summed E-state index contributed by atoms with van der Waals surface area (Å²) >= 11 is 0. The molecule has 8 heteroatoms. The number of aryl methyl sites for hydroxylation is 2. The molecule has 1 amide bonds. The average Bonchev–Trinajstić information content (AvgIpc) is 3.17. The zero-order chi connectivity index (χ0) is 23.8. The van der Waals surface area contributed by atoms with E-state index in [1.165, 1.54) is 5.56 Å². The van der Waals surface area contributed by atoms with E-state index in [0.717, 1.165) is 18.4 Å². The minimum Gasteiger partial charge on any atom is -0.493 e. The molecule has 0 saturated heterocycles. The van der Waals surface area contributed by atoms with Gasteiger partial charge in [0.25, 0.3) is 0 Å². The number of hydrogen-bond donors (Lipinski definition) is 1. The summed E-state index contributed by atoms with van der Waals surface area (Å²) < 4.78 is 29.0. The van der Waals surface area contributed by atoms with Crippen molar-refractivity contribution in [3.63, 3.8) is 0 Å². The predicted molar refractivity (Wildman–Crippen MR) is 129 cm³/mol. The number of ether oxygens (including phenoxy) is 2. The Balaban J connectivity index is 1.54. The minimum absolute atomic E-state index is 0.000137. The van der Waals surface area contributed by atoms with Gasteiger partial charge in [-0.15, -0.1) is 0 Å².